The van der Waals surface area contributed by atoms with Crippen molar-refractivity contribution >= 4 is 28.7 Å². The number of hydrogen-bond acceptors (Lipinski definition) is 1. The van der Waals surface area contributed by atoms with Gasteiger partial charge < -0.3 is 4.90 Å². The molecule has 0 fully saturated rings. The van der Waals surface area contributed by atoms with Crippen molar-refractivity contribution in [2.45, 2.75) is 0 Å². The number of nitrogens with zero attached hydrogens (tertiary/aromatic N) is 1. The molecular formula is C30H22ClN. The topological polar surface area (TPSA) is 3.24 Å². The van der Waals surface area contributed by atoms with Gasteiger partial charge in [0.05, 0.1) is 0 Å². The highest BCUT2D eigenvalue weighted by atomic mass is 35.5. The molecule has 0 aliphatic carbocycles. The Hall–Kier alpha value is -3.81. The SMILES string of the molecule is Clc1ccc(-c2ccc(-c3ccc(N(c4ccccc4)c4ccccc4)cc3)cc2)cc1. The van der Waals surface area contributed by atoms with E-state index in [9.17, 15) is 0 Å². The first-order valence-electron chi connectivity index (χ1n) is 10.6. The molecule has 32 heavy (non-hydrogen) atoms. The predicted molar refractivity (Wildman–Crippen MR) is 137 cm³/mol. The molecular weight excluding hydrogens is 410 g/mol. The molecule has 0 amide bonds. The molecule has 0 N–H and O–H groups in total. The van der Waals surface area contributed by atoms with Gasteiger partial charge in [-0.3, -0.25) is 0 Å². The Labute approximate surface area is 194 Å². The Balaban J connectivity index is 1.44. The summed E-state index contributed by atoms with van der Waals surface area (Å²) >= 11 is 6.01. The van der Waals surface area contributed by atoms with E-state index in [2.05, 4.69) is 102 Å². The summed E-state index contributed by atoms with van der Waals surface area (Å²) in [5.74, 6) is 0. The Morgan fingerprint density at radius 3 is 1.06 bits per heavy atom. The minimum Gasteiger partial charge on any atom is -0.311 e. The highest BCUT2D eigenvalue weighted by Crippen LogP contribution is 2.35. The Morgan fingerprint density at radius 1 is 0.344 bits per heavy atom. The van der Waals surface area contributed by atoms with Crippen molar-refractivity contribution in [3.63, 3.8) is 0 Å². The summed E-state index contributed by atoms with van der Waals surface area (Å²) < 4.78 is 0. The van der Waals surface area contributed by atoms with Gasteiger partial charge in [-0.25, -0.2) is 0 Å². The molecule has 0 atom stereocenters. The van der Waals surface area contributed by atoms with E-state index in [-0.39, 0.29) is 0 Å². The van der Waals surface area contributed by atoms with E-state index in [0.29, 0.717) is 0 Å². The summed E-state index contributed by atoms with van der Waals surface area (Å²) in [7, 11) is 0. The van der Waals surface area contributed by atoms with Gasteiger partial charge in [0.1, 0.15) is 0 Å². The smallest absolute Gasteiger partial charge is 0.0462 e. The lowest BCUT2D eigenvalue weighted by Crippen LogP contribution is -2.09. The highest BCUT2D eigenvalue weighted by Gasteiger charge is 2.11. The average molecular weight is 432 g/mol. The van der Waals surface area contributed by atoms with E-state index < -0.39 is 0 Å². The second-order valence-electron chi connectivity index (χ2n) is 7.64. The van der Waals surface area contributed by atoms with Crippen LogP contribution in [0.3, 0.4) is 0 Å². The van der Waals surface area contributed by atoms with Crippen molar-refractivity contribution in [1.82, 2.24) is 0 Å². The van der Waals surface area contributed by atoms with Gasteiger partial charge in [-0.2, -0.15) is 0 Å². The fourth-order valence-corrected chi connectivity index (χ4v) is 4.03. The van der Waals surface area contributed by atoms with E-state index in [1.54, 1.807) is 0 Å². The van der Waals surface area contributed by atoms with E-state index >= 15 is 0 Å². The minimum atomic E-state index is 0.755. The van der Waals surface area contributed by atoms with E-state index in [4.69, 9.17) is 11.6 Å². The first kappa shape index (κ1) is 20.1. The van der Waals surface area contributed by atoms with Crippen LogP contribution in [0.1, 0.15) is 0 Å². The third-order valence-electron chi connectivity index (χ3n) is 5.55. The Bertz CT molecular complexity index is 1240. The zero-order valence-electron chi connectivity index (χ0n) is 17.5. The van der Waals surface area contributed by atoms with Gasteiger partial charge in [0.25, 0.3) is 0 Å². The van der Waals surface area contributed by atoms with Gasteiger partial charge in [-0.1, -0.05) is 96.5 Å². The number of benzene rings is 5. The molecule has 0 bridgehead atoms. The van der Waals surface area contributed by atoms with Crippen molar-refractivity contribution < 1.29 is 0 Å². The standard InChI is InChI=1S/C30H22ClN/c31-27-19-15-25(16-20-27)23-11-13-24(14-12-23)26-17-21-30(22-18-26)32(28-7-3-1-4-8-28)29-9-5-2-6-10-29/h1-22H. The zero-order chi connectivity index (χ0) is 21.8. The maximum atomic E-state index is 6.01. The Kier molecular flexibility index (Phi) is 5.74. The van der Waals surface area contributed by atoms with E-state index in [1.165, 1.54) is 16.7 Å². The quantitative estimate of drug-likeness (QED) is 0.268. The molecule has 2 heteroatoms. The summed E-state index contributed by atoms with van der Waals surface area (Å²) in [6.07, 6.45) is 0. The molecule has 0 aromatic heterocycles. The van der Waals surface area contributed by atoms with Crippen molar-refractivity contribution in [3.8, 4) is 22.3 Å². The lowest BCUT2D eigenvalue weighted by Gasteiger charge is -2.25. The molecule has 0 radical (unpaired) electrons. The van der Waals surface area contributed by atoms with Gasteiger partial charge >= 0.3 is 0 Å². The lowest BCUT2D eigenvalue weighted by molar-refractivity contribution is 1.28. The molecule has 0 spiro atoms. The fraction of sp³-hybridized carbons (Fsp3) is 0. The van der Waals surface area contributed by atoms with E-state index in [1.807, 2.05) is 36.4 Å². The lowest BCUT2D eigenvalue weighted by atomic mass is 10.00. The van der Waals surface area contributed by atoms with Crippen LogP contribution in [-0.2, 0) is 0 Å². The molecule has 0 heterocycles. The van der Waals surface area contributed by atoms with Gasteiger partial charge in [-0.15, -0.1) is 0 Å². The van der Waals surface area contributed by atoms with Gasteiger partial charge in [0, 0.05) is 22.1 Å². The summed E-state index contributed by atoms with van der Waals surface area (Å²) in [5, 5.41) is 0.755. The van der Waals surface area contributed by atoms with Crippen LogP contribution in [0, 0.1) is 0 Å². The predicted octanol–water partition coefficient (Wildman–Crippen LogP) is 9.14. The zero-order valence-corrected chi connectivity index (χ0v) is 18.3. The maximum absolute atomic E-state index is 6.01. The van der Waals surface area contributed by atoms with Crippen LogP contribution in [0.5, 0.6) is 0 Å². The molecule has 5 rings (SSSR count). The average Bonchev–Trinajstić information content (AvgIpc) is 2.87. The third kappa shape index (κ3) is 4.30. The van der Waals surface area contributed by atoms with Crippen LogP contribution >= 0.6 is 11.6 Å². The second-order valence-corrected chi connectivity index (χ2v) is 8.07. The molecule has 0 saturated heterocycles. The van der Waals surface area contributed by atoms with Crippen molar-refractivity contribution in [2.24, 2.45) is 0 Å². The van der Waals surface area contributed by atoms with Crippen LogP contribution in [0.15, 0.2) is 133 Å². The number of anilines is 3. The van der Waals surface area contributed by atoms with Crippen molar-refractivity contribution in [1.29, 1.82) is 0 Å². The minimum absolute atomic E-state index is 0.755. The molecule has 0 aliphatic rings. The number of para-hydroxylation sites is 2. The highest BCUT2D eigenvalue weighted by molar-refractivity contribution is 6.30. The normalized spacial score (nSPS) is 10.7. The van der Waals surface area contributed by atoms with Crippen LogP contribution < -0.4 is 4.90 Å². The fourth-order valence-electron chi connectivity index (χ4n) is 3.90. The monoisotopic (exact) mass is 431 g/mol. The summed E-state index contributed by atoms with van der Waals surface area (Å²) in [6.45, 7) is 0. The first-order valence-corrected chi connectivity index (χ1v) is 11.0. The number of rotatable bonds is 5. The van der Waals surface area contributed by atoms with Gasteiger partial charge in [-0.05, 0) is 70.8 Å². The summed E-state index contributed by atoms with van der Waals surface area (Å²) in [5.41, 5.74) is 8.14. The summed E-state index contributed by atoms with van der Waals surface area (Å²) in [4.78, 5) is 2.27. The third-order valence-corrected chi connectivity index (χ3v) is 5.80. The van der Waals surface area contributed by atoms with Gasteiger partial charge in [0.2, 0.25) is 0 Å². The largest absolute Gasteiger partial charge is 0.311 e. The maximum Gasteiger partial charge on any atom is 0.0462 e. The second kappa shape index (κ2) is 9.13. The molecule has 5 aromatic carbocycles. The first-order chi connectivity index (χ1) is 15.8. The van der Waals surface area contributed by atoms with Crippen molar-refractivity contribution in [2.75, 3.05) is 4.90 Å². The van der Waals surface area contributed by atoms with Crippen molar-refractivity contribution in [3.05, 3.63) is 138 Å². The molecule has 0 aliphatic heterocycles. The number of hydrogen-bond donors (Lipinski definition) is 0. The molecule has 1 nitrogen and oxygen atoms in total. The van der Waals surface area contributed by atoms with Gasteiger partial charge in [0.15, 0.2) is 0 Å². The number of halogens is 1. The summed E-state index contributed by atoms with van der Waals surface area (Å²) in [6, 6.07) is 46.3. The molecule has 0 unspecified atom stereocenters. The van der Waals surface area contributed by atoms with Crippen LogP contribution in [0.25, 0.3) is 22.3 Å². The van der Waals surface area contributed by atoms with Crippen LogP contribution in [0.4, 0.5) is 17.1 Å². The molecule has 154 valence electrons. The van der Waals surface area contributed by atoms with E-state index in [0.717, 1.165) is 27.6 Å². The van der Waals surface area contributed by atoms with Crippen LogP contribution in [0.2, 0.25) is 5.02 Å². The molecule has 0 saturated carbocycles. The molecule has 5 aromatic rings. The Morgan fingerprint density at radius 2 is 0.656 bits per heavy atom. The van der Waals surface area contributed by atoms with Crippen LogP contribution in [-0.4, -0.2) is 0 Å².